The van der Waals surface area contributed by atoms with Crippen LogP contribution < -0.4 is 5.32 Å². The molecule has 0 saturated heterocycles. The summed E-state index contributed by atoms with van der Waals surface area (Å²) in [6.45, 7) is 0.180. The molecule has 0 atom stereocenters. The lowest BCUT2D eigenvalue weighted by Gasteiger charge is -2.13. The lowest BCUT2D eigenvalue weighted by atomic mass is 9.98. The van der Waals surface area contributed by atoms with Crippen LogP contribution in [0.15, 0.2) is 60.7 Å². The first-order valence-electron chi connectivity index (χ1n) is 8.01. The number of halogens is 3. The molecule has 3 rings (SSSR count). The predicted molar refractivity (Wildman–Crippen MR) is 93.1 cm³/mol. The summed E-state index contributed by atoms with van der Waals surface area (Å²) in [6.07, 6.45) is -4.25. The highest BCUT2D eigenvalue weighted by Crippen LogP contribution is 2.34. The van der Waals surface area contributed by atoms with Gasteiger partial charge in [-0.05, 0) is 59.2 Å². The van der Waals surface area contributed by atoms with Gasteiger partial charge in [-0.15, -0.1) is 0 Å². The van der Waals surface area contributed by atoms with Gasteiger partial charge in [-0.1, -0.05) is 24.3 Å². The Morgan fingerprint density at radius 1 is 1.00 bits per heavy atom. The largest absolute Gasteiger partial charge is 0.508 e. The number of hydrogen-bond donors (Lipinski definition) is 2. The molecule has 3 nitrogen and oxygen atoms in total. The molecule has 0 radical (unpaired) electrons. The Bertz CT molecular complexity index is 937. The molecule has 3 aromatic rings. The molecule has 134 valence electrons. The van der Waals surface area contributed by atoms with E-state index in [1.165, 1.54) is 18.2 Å². The number of alkyl halides is 3. The van der Waals surface area contributed by atoms with Crippen molar-refractivity contribution in [2.75, 3.05) is 6.54 Å². The van der Waals surface area contributed by atoms with Crippen molar-refractivity contribution in [3.63, 3.8) is 0 Å². The van der Waals surface area contributed by atoms with Gasteiger partial charge in [-0.25, -0.2) is 0 Å². The lowest BCUT2D eigenvalue weighted by molar-refractivity contribution is -0.137. The van der Waals surface area contributed by atoms with Crippen LogP contribution in [0.5, 0.6) is 5.75 Å². The summed E-state index contributed by atoms with van der Waals surface area (Å²) in [7, 11) is 0. The highest BCUT2D eigenvalue weighted by Gasteiger charge is 2.31. The van der Waals surface area contributed by atoms with Crippen LogP contribution in [0.2, 0.25) is 0 Å². The van der Waals surface area contributed by atoms with Gasteiger partial charge in [-0.3, -0.25) is 4.79 Å². The molecule has 0 unspecified atom stereocenters. The molecule has 1 amide bonds. The normalized spacial score (nSPS) is 11.5. The summed E-state index contributed by atoms with van der Waals surface area (Å²) < 4.78 is 39.4. The number of amides is 1. The molecule has 6 heteroatoms. The minimum Gasteiger partial charge on any atom is -0.508 e. The maximum atomic E-state index is 13.1. The molecular formula is C20H16F3NO2. The minimum atomic E-state index is -4.46. The van der Waals surface area contributed by atoms with Gasteiger partial charge in [0.05, 0.1) is 5.56 Å². The summed E-state index contributed by atoms with van der Waals surface area (Å²) >= 11 is 0. The van der Waals surface area contributed by atoms with E-state index in [1.807, 2.05) is 0 Å². The molecule has 0 aliphatic rings. The number of phenols is 1. The van der Waals surface area contributed by atoms with Gasteiger partial charge in [0.2, 0.25) is 0 Å². The minimum absolute atomic E-state index is 0.0215. The molecule has 3 aromatic carbocycles. The van der Waals surface area contributed by atoms with Gasteiger partial charge >= 0.3 is 6.18 Å². The summed E-state index contributed by atoms with van der Waals surface area (Å²) in [5.41, 5.74) is 0.151. The zero-order valence-electron chi connectivity index (χ0n) is 13.7. The number of rotatable bonds is 4. The third-order valence-corrected chi connectivity index (χ3v) is 4.07. The van der Waals surface area contributed by atoms with E-state index in [2.05, 4.69) is 5.32 Å². The number of phenolic OH excluding ortho intramolecular Hbond substituents is 1. The van der Waals surface area contributed by atoms with Crippen LogP contribution in [0.3, 0.4) is 0 Å². The maximum Gasteiger partial charge on any atom is 0.416 e. The van der Waals surface area contributed by atoms with Crippen molar-refractivity contribution in [1.29, 1.82) is 0 Å². The Morgan fingerprint density at radius 2 is 1.73 bits per heavy atom. The van der Waals surface area contributed by atoms with Crippen LogP contribution in [0, 0.1) is 0 Å². The average molecular weight is 359 g/mol. The van der Waals surface area contributed by atoms with Gasteiger partial charge in [0, 0.05) is 12.1 Å². The van der Waals surface area contributed by atoms with Gasteiger partial charge in [0.25, 0.3) is 5.91 Å². The van der Waals surface area contributed by atoms with Crippen LogP contribution in [-0.4, -0.2) is 17.6 Å². The molecule has 0 spiro atoms. The number of aromatic hydroxyl groups is 1. The van der Waals surface area contributed by atoms with Crippen LogP contribution in [-0.2, 0) is 12.6 Å². The highest BCUT2D eigenvalue weighted by atomic mass is 19.4. The van der Waals surface area contributed by atoms with E-state index in [0.29, 0.717) is 21.9 Å². The Hall–Kier alpha value is -3.02. The predicted octanol–water partition coefficient (Wildman–Crippen LogP) is 4.54. The van der Waals surface area contributed by atoms with Gasteiger partial charge in [-0.2, -0.15) is 13.2 Å². The second kappa shape index (κ2) is 7.07. The number of fused-ring (bicyclic) bond motifs is 1. The second-order valence-corrected chi connectivity index (χ2v) is 5.91. The average Bonchev–Trinajstić information content (AvgIpc) is 2.61. The third-order valence-electron chi connectivity index (χ3n) is 4.07. The van der Waals surface area contributed by atoms with Crippen LogP contribution in [0.25, 0.3) is 10.8 Å². The quantitative estimate of drug-likeness (QED) is 0.719. The zero-order chi connectivity index (χ0) is 18.7. The number of nitrogens with one attached hydrogen (secondary N) is 1. The zero-order valence-corrected chi connectivity index (χ0v) is 13.7. The molecule has 0 aromatic heterocycles. The molecule has 0 fully saturated rings. The van der Waals surface area contributed by atoms with E-state index in [9.17, 15) is 23.1 Å². The van der Waals surface area contributed by atoms with Gasteiger partial charge < -0.3 is 10.4 Å². The Labute approximate surface area is 148 Å². The molecule has 0 heterocycles. The van der Waals surface area contributed by atoms with Crippen molar-refractivity contribution in [2.45, 2.75) is 12.6 Å². The van der Waals surface area contributed by atoms with Crippen LogP contribution in [0.4, 0.5) is 13.2 Å². The van der Waals surface area contributed by atoms with Crippen molar-refractivity contribution in [1.82, 2.24) is 5.32 Å². The van der Waals surface area contributed by atoms with E-state index >= 15 is 0 Å². The molecule has 0 bridgehead atoms. The molecule has 0 saturated carbocycles. The fourth-order valence-electron chi connectivity index (χ4n) is 2.80. The number of carbonyl (C=O) groups excluding carboxylic acids is 1. The molecule has 0 aliphatic heterocycles. The highest BCUT2D eigenvalue weighted by molar-refractivity contribution is 5.94. The maximum absolute atomic E-state index is 13.1. The molecule has 0 aliphatic carbocycles. The van der Waals surface area contributed by atoms with Crippen molar-refractivity contribution >= 4 is 16.7 Å². The summed E-state index contributed by atoms with van der Waals surface area (Å²) in [5.74, 6) is -0.309. The Morgan fingerprint density at radius 3 is 2.42 bits per heavy atom. The Balaban J connectivity index is 1.84. The summed E-state index contributed by atoms with van der Waals surface area (Å²) in [4.78, 5) is 12.0. The molecule has 26 heavy (non-hydrogen) atoms. The monoisotopic (exact) mass is 359 g/mol. The lowest BCUT2D eigenvalue weighted by Crippen LogP contribution is -2.25. The number of benzene rings is 3. The first-order chi connectivity index (χ1) is 12.3. The van der Waals surface area contributed by atoms with Crippen LogP contribution >= 0.6 is 0 Å². The summed E-state index contributed by atoms with van der Waals surface area (Å²) in [5, 5.41) is 13.3. The second-order valence-electron chi connectivity index (χ2n) is 5.91. The van der Waals surface area contributed by atoms with E-state index in [4.69, 9.17) is 0 Å². The van der Waals surface area contributed by atoms with E-state index in [-0.39, 0.29) is 24.6 Å². The summed E-state index contributed by atoms with van der Waals surface area (Å²) in [6, 6.07) is 14.9. The van der Waals surface area contributed by atoms with Crippen LogP contribution in [0.1, 0.15) is 21.5 Å². The van der Waals surface area contributed by atoms with Crippen molar-refractivity contribution in [2.24, 2.45) is 0 Å². The van der Waals surface area contributed by atoms with Crippen molar-refractivity contribution in [3.05, 3.63) is 77.4 Å². The first kappa shape index (κ1) is 17.8. The van der Waals surface area contributed by atoms with Gasteiger partial charge in [0.1, 0.15) is 5.75 Å². The SMILES string of the molecule is O=C(NCCc1cc(C(F)(F)F)cc2ccc(O)cc12)c1ccccc1. The standard InChI is InChI=1S/C20H16F3NO2/c21-20(22,23)16-10-14-6-7-17(25)12-18(14)15(11-16)8-9-24-19(26)13-4-2-1-3-5-13/h1-7,10-12,25H,8-9H2,(H,24,26). The number of hydrogen-bond acceptors (Lipinski definition) is 2. The Kier molecular flexibility index (Phi) is 4.84. The van der Waals surface area contributed by atoms with E-state index in [0.717, 1.165) is 12.1 Å². The smallest absolute Gasteiger partial charge is 0.416 e. The third kappa shape index (κ3) is 3.96. The van der Waals surface area contributed by atoms with Gasteiger partial charge in [0.15, 0.2) is 0 Å². The fourth-order valence-corrected chi connectivity index (χ4v) is 2.80. The molecule has 2 N–H and O–H groups in total. The number of carbonyl (C=O) groups is 1. The fraction of sp³-hybridized carbons (Fsp3) is 0.150. The van der Waals surface area contributed by atoms with Crippen molar-refractivity contribution in [3.8, 4) is 5.75 Å². The molecular weight excluding hydrogens is 343 g/mol. The van der Waals surface area contributed by atoms with E-state index in [1.54, 1.807) is 30.3 Å². The topological polar surface area (TPSA) is 49.3 Å². The first-order valence-corrected chi connectivity index (χ1v) is 8.01. The van der Waals surface area contributed by atoms with E-state index < -0.39 is 11.7 Å². The van der Waals surface area contributed by atoms with Crippen molar-refractivity contribution < 1.29 is 23.1 Å².